The number of methoxy groups -OCH3 is 1. The lowest BCUT2D eigenvalue weighted by molar-refractivity contribution is 0.0600. The average Bonchev–Trinajstić information content (AvgIpc) is 2.49. The Bertz CT molecular complexity index is 576. The fourth-order valence-corrected chi connectivity index (χ4v) is 2.00. The molecule has 0 spiro atoms. The van der Waals surface area contributed by atoms with Crippen molar-refractivity contribution in [1.82, 2.24) is 0 Å². The lowest BCUT2D eigenvalue weighted by Crippen LogP contribution is -2.03. The summed E-state index contributed by atoms with van der Waals surface area (Å²) in [5.74, 6) is 1.25. The monoisotopic (exact) mass is 270 g/mol. The molecule has 0 aliphatic heterocycles. The van der Waals surface area contributed by atoms with Crippen molar-refractivity contribution in [2.45, 2.75) is 19.8 Å². The van der Waals surface area contributed by atoms with Gasteiger partial charge in [-0.1, -0.05) is 31.5 Å². The first kappa shape index (κ1) is 14.1. The second kappa shape index (κ2) is 6.75. The molecule has 3 nitrogen and oxygen atoms in total. The van der Waals surface area contributed by atoms with E-state index in [2.05, 4.69) is 6.92 Å². The summed E-state index contributed by atoms with van der Waals surface area (Å²) in [6.45, 7) is 2.09. The van der Waals surface area contributed by atoms with E-state index in [4.69, 9.17) is 9.47 Å². The number of rotatable bonds is 5. The molecular formula is C17H18O3. The number of para-hydroxylation sites is 1. The van der Waals surface area contributed by atoms with E-state index in [1.165, 1.54) is 7.11 Å². The van der Waals surface area contributed by atoms with Crippen LogP contribution in [0.2, 0.25) is 0 Å². The van der Waals surface area contributed by atoms with Crippen molar-refractivity contribution < 1.29 is 14.3 Å². The van der Waals surface area contributed by atoms with Crippen molar-refractivity contribution in [3.63, 3.8) is 0 Å². The zero-order chi connectivity index (χ0) is 14.4. The number of esters is 1. The number of carbonyl (C=O) groups is 1. The second-order valence-corrected chi connectivity index (χ2v) is 4.48. The van der Waals surface area contributed by atoms with Crippen LogP contribution in [0.25, 0.3) is 0 Å². The summed E-state index contributed by atoms with van der Waals surface area (Å²) in [5, 5.41) is 0. The maximum atomic E-state index is 11.6. The van der Waals surface area contributed by atoms with Crippen LogP contribution >= 0.6 is 0 Å². The summed E-state index contributed by atoms with van der Waals surface area (Å²) < 4.78 is 10.6. The van der Waals surface area contributed by atoms with Gasteiger partial charge in [0.2, 0.25) is 0 Å². The minimum Gasteiger partial charge on any atom is -0.465 e. The van der Waals surface area contributed by atoms with E-state index in [-0.39, 0.29) is 5.97 Å². The molecule has 0 aromatic heterocycles. The van der Waals surface area contributed by atoms with E-state index in [0.29, 0.717) is 5.56 Å². The molecule has 0 saturated heterocycles. The van der Waals surface area contributed by atoms with Crippen LogP contribution in [0.1, 0.15) is 29.3 Å². The Labute approximate surface area is 119 Å². The molecule has 0 bridgehead atoms. The van der Waals surface area contributed by atoms with Gasteiger partial charge in [-0.2, -0.15) is 0 Å². The average molecular weight is 270 g/mol. The molecule has 2 rings (SSSR count). The molecule has 0 aliphatic rings. The molecule has 0 N–H and O–H groups in total. The Kier molecular flexibility index (Phi) is 4.77. The van der Waals surface area contributed by atoms with Gasteiger partial charge in [0.1, 0.15) is 11.5 Å². The van der Waals surface area contributed by atoms with Crippen LogP contribution in [0.3, 0.4) is 0 Å². The molecule has 2 aromatic carbocycles. The highest BCUT2D eigenvalue weighted by atomic mass is 16.5. The zero-order valence-electron chi connectivity index (χ0n) is 11.8. The van der Waals surface area contributed by atoms with E-state index in [1.54, 1.807) is 6.07 Å². The SMILES string of the molecule is CCCc1cc(C(=O)OC)ccc1Oc1ccccc1. The molecule has 0 atom stereocenters. The Morgan fingerprint density at radius 2 is 1.85 bits per heavy atom. The van der Waals surface area contributed by atoms with Crippen LogP contribution < -0.4 is 4.74 Å². The first-order valence-corrected chi connectivity index (χ1v) is 6.68. The normalized spacial score (nSPS) is 10.1. The van der Waals surface area contributed by atoms with Gasteiger partial charge >= 0.3 is 5.97 Å². The quantitative estimate of drug-likeness (QED) is 0.763. The van der Waals surface area contributed by atoms with Crippen molar-refractivity contribution in [3.05, 3.63) is 59.7 Å². The minimum atomic E-state index is -0.325. The lowest BCUT2D eigenvalue weighted by atomic mass is 10.1. The van der Waals surface area contributed by atoms with Gasteiger partial charge < -0.3 is 9.47 Å². The molecule has 0 amide bonds. The third kappa shape index (κ3) is 3.38. The topological polar surface area (TPSA) is 35.5 Å². The van der Waals surface area contributed by atoms with Crippen molar-refractivity contribution >= 4 is 5.97 Å². The molecule has 104 valence electrons. The summed E-state index contributed by atoms with van der Waals surface area (Å²) >= 11 is 0. The van der Waals surface area contributed by atoms with Crippen molar-refractivity contribution in [3.8, 4) is 11.5 Å². The van der Waals surface area contributed by atoms with Crippen LogP contribution in [0.4, 0.5) is 0 Å². The predicted molar refractivity (Wildman–Crippen MR) is 78.3 cm³/mol. The summed E-state index contributed by atoms with van der Waals surface area (Å²) in [6.07, 6.45) is 1.84. The molecule has 20 heavy (non-hydrogen) atoms. The van der Waals surface area contributed by atoms with E-state index in [1.807, 2.05) is 42.5 Å². The van der Waals surface area contributed by atoms with Gasteiger partial charge in [-0.05, 0) is 42.3 Å². The fourth-order valence-electron chi connectivity index (χ4n) is 2.00. The minimum absolute atomic E-state index is 0.325. The van der Waals surface area contributed by atoms with Crippen LogP contribution in [0.5, 0.6) is 11.5 Å². The molecule has 0 heterocycles. The molecule has 2 aromatic rings. The third-order valence-electron chi connectivity index (χ3n) is 2.97. The largest absolute Gasteiger partial charge is 0.465 e. The van der Waals surface area contributed by atoms with E-state index in [0.717, 1.165) is 29.9 Å². The lowest BCUT2D eigenvalue weighted by Gasteiger charge is -2.12. The van der Waals surface area contributed by atoms with Gasteiger partial charge in [0.05, 0.1) is 12.7 Å². The van der Waals surface area contributed by atoms with Crippen molar-refractivity contribution in [2.75, 3.05) is 7.11 Å². The first-order valence-electron chi connectivity index (χ1n) is 6.68. The number of aryl methyl sites for hydroxylation is 1. The molecule has 0 saturated carbocycles. The number of ether oxygens (including phenoxy) is 2. The van der Waals surface area contributed by atoms with Gasteiger partial charge in [-0.25, -0.2) is 4.79 Å². The predicted octanol–water partition coefficient (Wildman–Crippen LogP) is 4.22. The summed E-state index contributed by atoms with van der Waals surface area (Å²) in [4.78, 5) is 11.6. The van der Waals surface area contributed by atoms with Gasteiger partial charge in [0.15, 0.2) is 0 Å². The Morgan fingerprint density at radius 1 is 1.10 bits per heavy atom. The number of carbonyl (C=O) groups excluding carboxylic acids is 1. The number of hydrogen-bond acceptors (Lipinski definition) is 3. The third-order valence-corrected chi connectivity index (χ3v) is 2.97. The summed E-state index contributed by atoms with van der Waals surface area (Å²) in [5.41, 5.74) is 1.57. The van der Waals surface area contributed by atoms with E-state index >= 15 is 0 Å². The molecule has 0 radical (unpaired) electrons. The second-order valence-electron chi connectivity index (χ2n) is 4.48. The smallest absolute Gasteiger partial charge is 0.337 e. The van der Waals surface area contributed by atoms with Crippen LogP contribution in [0, 0.1) is 0 Å². The highest BCUT2D eigenvalue weighted by molar-refractivity contribution is 5.89. The Morgan fingerprint density at radius 3 is 2.50 bits per heavy atom. The number of hydrogen-bond donors (Lipinski definition) is 0. The summed E-state index contributed by atoms with van der Waals surface area (Å²) in [7, 11) is 1.39. The molecule has 0 fully saturated rings. The Hall–Kier alpha value is -2.29. The maximum absolute atomic E-state index is 11.6. The van der Waals surface area contributed by atoms with Gasteiger partial charge in [0, 0.05) is 0 Å². The van der Waals surface area contributed by atoms with Crippen LogP contribution in [-0.2, 0) is 11.2 Å². The zero-order valence-corrected chi connectivity index (χ0v) is 11.8. The van der Waals surface area contributed by atoms with Crippen LogP contribution in [-0.4, -0.2) is 13.1 Å². The van der Waals surface area contributed by atoms with Gasteiger partial charge in [-0.15, -0.1) is 0 Å². The Balaban J connectivity index is 2.30. The molecule has 0 aliphatic carbocycles. The van der Waals surface area contributed by atoms with E-state index in [9.17, 15) is 4.79 Å². The molecule has 3 heteroatoms. The highest BCUT2D eigenvalue weighted by Crippen LogP contribution is 2.27. The standard InChI is InChI=1S/C17H18O3/c1-3-7-13-12-14(17(18)19-2)10-11-16(13)20-15-8-5-4-6-9-15/h4-6,8-12H,3,7H2,1-2H3. The fraction of sp³-hybridized carbons (Fsp3) is 0.235. The molecular weight excluding hydrogens is 252 g/mol. The molecule has 0 unspecified atom stereocenters. The van der Waals surface area contributed by atoms with Gasteiger partial charge in [-0.3, -0.25) is 0 Å². The van der Waals surface area contributed by atoms with Crippen molar-refractivity contribution in [2.24, 2.45) is 0 Å². The summed E-state index contributed by atoms with van der Waals surface area (Å²) in [6, 6.07) is 15.0. The van der Waals surface area contributed by atoms with E-state index < -0.39 is 0 Å². The highest BCUT2D eigenvalue weighted by Gasteiger charge is 2.11. The first-order chi connectivity index (χ1) is 9.74. The van der Waals surface area contributed by atoms with Gasteiger partial charge in [0.25, 0.3) is 0 Å². The maximum Gasteiger partial charge on any atom is 0.337 e. The van der Waals surface area contributed by atoms with Crippen LogP contribution in [0.15, 0.2) is 48.5 Å². The number of benzene rings is 2. The van der Waals surface area contributed by atoms with Crippen molar-refractivity contribution in [1.29, 1.82) is 0 Å².